The highest BCUT2D eigenvalue weighted by atomic mass is 35.5. The molecule has 0 radical (unpaired) electrons. The van der Waals surface area contributed by atoms with Crippen molar-refractivity contribution in [2.45, 2.75) is 20.0 Å². The fraction of sp³-hybridized carbons (Fsp3) is 0.308. The average Bonchev–Trinajstić information content (AvgIpc) is 3.01. The summed E-state index contributed by atoms with van der Waals surface area (Å²) in [5.41, 5.74) is 2.29. The second-order valence-corrected chi connectivity index (χ2v) is 6.22. The highest BCUT2D eigenvalue weighted by Crippen LogP contribution is 2.19. The van der Waals surface area contributed by atoms with Crippen LogP contribution in [0.25, 0.3) is 10.2 Å². The van der Waals surface area contributed by atoms with Gasteiger partial charge in [0.05, 0.1) is 28.5 Å². The molecule has 8 heteroatoms. The Morgan fingerprint density at radius 3 is 2.95 bits per heavy atom. The number of hydrogen-bond acceptors (Lipinski definition) is 5. The standard InChI is InChI=1S/C13H14ClN5OS/c1-7-11(14)9(18-17-7)5-19(2)6-10-15-8-3-4-21-12(8)13(20)16-10/h3-4H,5-6H2,1-2H3,(H,17,18)(H,15,16,20). The normalized spacial score (nSPS) is 11.6. The molecule has 0 atom stereocenters. The lowest BCUT2D eigenvalue weighted by Gasteiger charge is -2.14. The van der Waals surface area contributed by atoms with Crippen molar-refractivity contribution in [2.75, 3.05) is 7.05 Å². The Balaban J connectivity index is 1.78. The van der Waals surface area contributed by atoms with Crippen LogP contribution in [0.3, 0.4) is 0 Å². The number of thiophene rings is 1. The summed E-state index contributed by atoms with van der Waals surface area (Å²) >= 11 is 7.55. The minimum Gasteiger partial charge on any atom is -0.308 e. The van der Waals surface area contributed by atoms with Gasteiger partial charge in [0.1, 0.15) is 10.5 Å². The molecule has 3 aromatic rings. The van der Waals surface area contributed by atoms with E-state index in [2.05, 4.69) is 20.2 Å². The fourth-order valence-corrected chi connectivity index (χ4v) is 3.00. The van der Waals surface area contributed by atoms with Gasteiger partial charge >= 0.3 is 0 Å². The minimum atomic E-state index is -0.0907. The van der Waals surface area contributed by atoms with E-state index in [4.69, 9.17) is 11.6 Å². The third-order valence-corrected chi connectivity index (χ3v) is 4.55. The monoisotopic (exact) mass is 323 g/mol. The molecule has 110 valence electrons. The number of hydrogen-bond donors (Lipinski definition) is 2. The molecule has 2 N–H and O–H groups in total. The molecule has 6 nitrogen and oxygen atoms in total. The molecule has 21 heavy (non-hydrogen) atoms. The lowest BCUT2D eigenvalue weighted by molar-refractivity contribution is 0.307. The van der Waals surface area contributed by atoms with Crippen LogP contribution in [0.4, 0.5) is 0 Å². The molecular formula is C13H14ClN5OS. The number of halogens is 1. The van der Waals surface area contributed by atoms with Crippen LogP contribution in [0.1, 0.15) is 17.2 Å². The van der Waals surface area contributed by atoms with Gasteiger partial charge in [-0.3, -0.25) is 14.8 Å². The van der Waals surface area contributed by atoms with Crippen LogP contribution in [0.2, 0.25) is 5.02 Å². The van der Waals surface area contributed by atoms with E-state index in [1.54, 1.807) is 0 Å². The summed E-state index contributed by atoms with van der Waals surface area (Å²) < 4.78 is 0.660. The zero-order chi connectivity index (χ0) is 15.0. The van der Waals surface area contributed by atoms with E-state index in [9.17, 15) is 4.79 Å². The molecule has 0 bridgehead atoms. The lowest BCUT2D eigenvalue weighted by Crippen LogP contribution is -2.21. The largest absolute Gasteiger partial charge is 0.308 e. The highest BCUT2D eigenvalue weighted by molar-refractivity contribution is 7.17. The average molecular weight is 324 g/mol. The Morgan fingerprint density at radius 2 is 2.24 bits per heavy atom. The van der Waals surface area contributed by atoms with Crippen LogP contribution in [-0.4, -0.2) is 32.1 Å². The van der Waals surface area contributed by atoms with E-state index in [-0.39, 0.29) is 5.56 Å². The zero-order valence-corrected chi connectivity index (χ0v) is 13.2. The lowest BCUT2D eigenvalue weighted by atomic mass is 10.3. The summed E-state index contributed by atoms with van der Waals surface area (Å²) in [5, 5.41) is 9.54. The summed E-state index contributed by atoms with van der Waals surface area (Å²) in [6.45, 7) is 2.97. The van der Waals surface area contributed by atoms with Crippen LogP contribution in [-0.2, 0) is 13.1 Å². The smallest absolute Gasteiger partial charge is 0.268 e. The molecule has 0 aromatic carbocycles. The Morgan fingerprint density at radius 1 is 1.43 bits per heavy atom. The van der Waals surface area contributed by atoms with Crippen molar-refractivity contribution in [3.05, 3.63) is 44.0 Å². The Bertz CT molecular complexity index is 837. The van der Waals surface area contributed by atoms with Gasteiger partial charge in [0.25, 0.3) is 5.56 Å². The maximum absolute atomic E-state index is 11.9. The summed E-state index contributed by atoms with van der Waals surface area (Å²) in [6.07, 6.45) is 0. The van der Waals surface area contributed by atoms with Gasteiger partial charge in [-0.05, 0) is 25.4 Å². The molecule has 3 heterocycles. The van der Waals surface area contributed by atoms with E-state index < -0.39 is 0 Å². The van der Waals surface area contributed by atoms with Crippen molar-refractivity contribution in [2.24, 2.45) is 0 Å². The highest BCUT2D eigenvalue weighted by Gasteiger charge is 2.12. The van der Waals surface area contributed by atoms with Gasteiger partial charge in [0, 0.05) is 6.54 Å². The van der Waals surface area contributed by atoms with Crippen molar-refractivity contribution >= 4 is 33.2 Å². The van der Waals surface area contributed by atoms with Crippen LogP contribution < -0.4 is 5.56 Å². The maximum Gasteiger partial charge on any atom is 0.268 e. The molecule has 0 aliphatic rings. The molecule has 0 saturated carbocycles. The van der Waals surface area contributed by atoms with Gasteiger partial charge in [-0.25, -0.2) is 4.98 Å². The number of H-pyrrole nitrogens is 2. The Hall–Kier alpha value is -1.70. The van der Waals surface area contributed by atoms with Gasteiger partial charge in [0.2, 0.25) is 0 Å². The number of aromatic amines is 2. The molecule has 0 saturated heterocycles. The molecule has 3 aromatic heterocycles. The summed E-state index contributed by atoms with van der Waals surface area (Å²) in [5.74, 6) is 0.636. The van der Waals surface area contributed by atoms with Crippen molar-refractivity contribution < 1.29 is 0 Å². The van der Waals surface area contributed by atoms with E-state index >= 15 is 0 Å². The van der Waals surface area contributed by atoms with E-state index in [0.29, 0.717) is 28.6 Å². The third kappa shape index (κ3) is 2.85. The summed E-state index contributed by atoms with van der Waals surface area (Å²) in [7, 11) is 1.93. The number of nitrogens with one attached hydrogen (secondary N) is 2. The SMILES string of the molecule is Cc1[nH]nc(CN(C)Cc2nc3ccsc3c(=O)[nH]2)c1Cl. The second kappa shape index (κ2) is 5.59. The van der Waals surface area contributed by atoms with E-state index in [0.717, 1.165) is 16.9 Å². The minimum absolute atomic E-state index is 0.0907. The van der Waals surface area contributed by atoms with Gasteiger partial charge in [-0.15, -0.1) is 11.3 Å². The van der Waals surface area contributed by atoms with E-state index in [1.165, 1.54) is 11.3 Å². The molecule has 0 fully saturated rings. The van der Waals surface area contributed by atoms with Crippen LogP contribution >= 0.6 is 22.9 Å². The predicted molar refractivity (Wildman–Crippen MR) is 83.7 cm³/mol. The first-order valence-corrected chi connectivity index (χ1v) is 7.64. The molecule has 0 aliphatic carbocycles. The molecule has 0 spiro atoms. The van der Waals surface area contributed by atoms with Crippen LogP contribution in [0, 0.1) is 6.92 Å². The number of aromatic nitrogens is 4. The summed E-state index contributed by atoms with van der Waals surface area (Å²) in [4.78, 5) is 21.2. The number of aryl methyl sites for hydroxylation is 1. The fourth-order valence-electron chi connectivity index (χ4n) is 2.13. The maximum atomic E-state index is 11.9. The molecular weight excluding hydrogens is 310 g/mol. The van der Waals surface area contributed by atoms with Crippen LogP contribution in [0.15, 0.2) is 16.2 Å². The molecule has 0 unspecified atom stereocenters. The zero-order valence-electron chi connectivity index (χ0n) is 11.6. The number of fused-ring (bicyclic) bond motifs is 1. The molecule has 0 amide bonds. The predicted octanol–water partition coefficient (Wildman–Crippen LogP) is 2.30. The third-order valence-electron chi connectivity index (χ3n) is 3.14. The quantitative estimate of drug-likeness (QED) is 0.772. The second-order valence-electron chi connectivity index (χ2n) is 4.93. The number of nitrogens with zero attached hydrogens (tertiary/aromatic N) is 3. The van der Waals surface area contributed by atoms with E-state index in [1.807, 2.05) is 30.3 Å². The van der Waals surface area contributed by atoms with Crippen LogP contribution in [0.5, 0.6) is 0 Å². The van der Waals surface area contributed by atoms with Gasteiger partial charge < -0.3 is 4.98 Å². The number of rotatable bonds is 4. The molecule has 3 rings (SSSR count). The topological polar surface area (TPSA) is 77.7 Å². The van der Waals surface area contributed by atoms with Gasteiger partial charge in [-0.2, -0.15) is 5.10 Å². The van der Waals surface area contributed by atoms with Crippen molar-refractivity contribution in [1.82, 2.24) is 25.1 Å². The Kier molecular flexibility index (Phi) is 3.79. The van der Waals surface area contributed by atoms with Gasteiger partial charge in [0.15, 0.2) is 0 Å². The van der Waals surface area contributed by atoms with Crippen molar-refractivity contribution in [1.29, 1.82) is 0 Å². The van der Waals surface area contributed by atoms with Gasteiger partial charge in [-0.1, -0.05) is 11.6 Å². The summed E-state index contributed by atoms with van der Waals surface area (Å²) in [6, 6.07) is 1.85. The Labute approximate surface area is 129 Å². The first-order valence-electron chi connectivity index (χ1n) is 6.39. The first-order chi connectivity index (χ1) is 10.0. The molecule has 0 aliphatic heterocycles. The van der Waals surface area contributed by atoms with Crippen molar-refractivity contribution in [3.63, 3.8) is 0 Å². The first kappa shape index (κ1) is 14.2. The van der Waals surface area contributed by atoms with Crippen molar-refractivity contribution in [3.8, 4) is 0 Å².